The minimum atomic E-state index is -2.81. The normalized spacial score (nSPS) is 13.0. The third kappa shape index (κ3) is 5.12. The van der Waals surface area contributed by atoms with E-state index in [-0.39, 0.29) is 11.8 Å². The standard InChI is InChI=1S/C14H22F2N2O/c1-3-10(4-2)8-13(18-17)11-6-5-7-12(9-11)19-14(15)16/h5-7,9-10,13-14,18H,3-4,8,17H2,1-2H3. The van der Waals surface area contributed by atoms with E-state index in [1.54, 1.807) is 12.1 Å². The van der Waals surface area contributed by atoms with Gasteiger partial charge in [-0.15, -0.1) is 0 Å². The Morgan fingerprint density at radius 1 is 1.26 bits per heavy atom. The minimum absolute atomic E-state index is 0.0499. The molecule has 0 aromatic heterocycles. The number of hydrogen-bond acceptors (Lipinski definition) is 3. The summed E-state index contributed by atoms with van der Waals surface area (Å²) in [4.78, 5) is 0. The van der Waals surface area contributed by atoms with E-state index in [0.29, 0.717) is 5.92 Å². The summed E-state index contributed by atoms with van der Waals surface area (Å²) >= 11 is 0. The molecule has 0 heterocycles. The molecule has 0 aliphatic heterocycles. The van der Waals surface area contributed by atoms with E-state index in [2.05, 4.69) is 24.0 Å². The molecule has 3 N–H and O–H groups in total. The molecular formula is C14H22F2N2O. The molecule has 1 aromatic carbocycles. The number of rotatable bonds is 8. The van der Waals surface area contributed by atoms with Crippen molar-refractivity contribution in [3.05, 3.63) is 29.8 Å². The Morgan fingerprint density at radius 3 is 2.47 bits per heavy atom. The first kappa shape index (κ1) is 15.9. The topological polar surface area (TPSA) is 47.3 Å². The zero-order chi connectivity index (χ0) is 14.3. The predicted octanol–water partition coefficient (Wildman–Crippen LogP) is 3.62. The zero-order valence-corrected chi connectivity index (χ0v) is 11.4. The predicted molar refractivity (Wildman–Crippen MR) is 71.8 cm³/mol. The second-order valence-corrected chi connectivity index (χ2v) is 4.59. The van der Waals surface area contributed by atoms with E-state index in [9.17, 15) is 8.78 Å². The first-order valence-corrected chi connectivity index (χ1v) is 6.61. The van der Waals surface area contributed by atoms with Crippen molar-refractivity contribution in [2.24, 2.45) is 11.8 Å². The first-order valence-electron chi connectivity index (χ1n) is 6.61. The number of alkyl halides is 2. The van der Waals surface area contributed by atoms with Gasteiger partial charge in [0.25, 0.3) is 0 Å². The molecule has 5 heteroatoms. The molecule has 0 fully saturated rings. The van der Waals surface area contributed by atoms with Crippen molar-refractivity contribution in [1.29, 1.82) is 0 Å². The van der Waals surface area contributed by atoms with E-state index >= 15 is 0 Å². The fraction of sp³-hybridized carbons (Fsp3) is 0.571. The zero-order valence-electron chi connectivity index (χ0n) is 11.4. The van der Waals surface area contributed by atoms with Gasteiger partial charge in [0.2, 0.25) is 0 Å². The van der Waals surface area contributed by atoms with Gasteiger partial charge in [-0.05, 0) is 30.0 Å². The molecule has 0 saturated heterocycles. The molecule has 1 aromatic rings. The molecule has 1 unspecified atom stereocenters. The highest BCUT2D eigenvalue weighted by Crippen LogP contribution is 2.27. The third-order valence-corrected chi connectivity index (χ3v) is 3.41. The molecule has 0 aliphatic rings. The summed E-state index contributed by atoms with van der Waals surface area (Å²) in [6, 6.07) is 6.64. The van der Waals surface area contributed by atoms with Crippen LogP contribution in [0, 0.1) is 5.92 Å². The lowest BCUT2D eigenvalue weighted by Gasteiger charge is -2.22. The van der Waals surface area contributed by atoms with Gasteiger partial charge in [-0.3, -0.25) is 11.3 Å². The van der Waals surface area contributed by atoms with Gasteiger partial charge in [-0.25, -0.2) is 0 Å². The van der Waals surface area contributed by atoms with E-state index in [1.807, 2.05) is 6.07 Å². The maximum atomic E-state index is 12.2. The lowest BCUT2D eigenvalue weighted by molar-refractivity contribution is -0.0499. The van der Waals surface area contributed by atoms with Gasteiger partial charge < -0.3 is 4.74 Å². The average Bonchev–Trinajstić information content (AvgIpc) is 2.40. The quantitative estimate of drug-likeness (QED) is 0.561. The molecule has 0 saturated carbocycles. The van der Waals surface area contributed by atoms with Crippen LogP contribution < -0.4 is 16.0 Å². The van der Waals surface area contributed by atoms with Crippen LogP contribution in [-0.4, -0.2) is 6.61 Å². The van der Waals surface area contributed by atoms with Crippen LogP contribution in [0.1, 0.15) is 44.7 Å². The van der Waals surface area contributed by atoms with Crippen molar-refractivity contribution >= 4 is 0 Å². The Bertz CT molecular complexity index is 370. The monoisotopic (exact) mass is 272 g/mol. The highest BCUT2D eigenvalue weighted by atomic mass is 19.3. The van der Waals surface area contributed by atoms with Gasteiger partial charge in [-0.1, -0.05) is 38.8 Å². The van der Waals surface area contributed by atoms with E-state index in [1.165, 1.54) is 6.07 Å². The molecule has 1 rings (SSSR count). The summed E-state index contributed by atoms with van der Waals surface area (Å²) in [5.74, 6) is 6.30. The Kier molecular flexibility index (Phi) is 6.73. The summed E-state index contributed by atoms with van der Waals surface area (Å²) in [6.07, 6.45) is 3.02. The Labute approximate surface area is 113 Å². The fourth-order valence-corrected chi connectivity index (χ4v) is 2.16. The number of halogens is 2. The van der Waals surface area contributed by atoms with Gasteiger partial charge >= 0.3 is 6.61 Å². The Balaban J connectivity index is 2.80. The van der Waals surface area contributed by atoms with E-state index in [4.69, 9.17) is 5.84 Å². The fourth-order valence-electron chi connectivity index (χ4n) is 2.16. The van der Waals surface area contributed by atoms with Crippen molar-refractivity contribution in [2.45, 2.75) is 45.8 Å². The summed E-state index contributed by atoms with van der Waals surface area (Å²) in [6.45, 7) is 1.47. The molecule has 0 spiro atoms. The van der Waals surface area contributed by atoms with Crippen molar-refractivity contribution < 1.29 is 13.5 Å². The average molecular weight is 272 g/mol. The maximum Gasteiger partial charge on any atom is 0.387 e. The number of benzene rings is 1. The molecule has 108 valence electrons. The van der Waals surface area contributed by atoms with Crippen molar-refractivity contribution in [3.63, 3.8) is 0 Å². The smallest absolute Gasteiger partial charge is 0.387 e. The second-order valence-electron chi connectivity index (χ2n) is 4.59. The molecule has 0 aliphatic carbocycles. The second kappa shape index (κ2) is 8.07. The Morgan fingerprint density at radius 2 is 1.95 bits per heavy atom. The molecule has 0 amide bonds. The van der Waals surface area contributed by atoms with Crippen LogP contribution in [0.15, 0.2) is 24.3 Å². The number of ether oxygens (including phenoxy) is 1. The summed E-state index contributed by atoms with van der Waals surface area (Å²) < 4.78 is 28.8. The molecule has 3 nitrogen and oxygen atoms in total. The highest BCUT2D eigenvalue weighted by molar-refractivity contribution is 5.30. The number of nitrogens with one attached hydrogen (secondary N) is 1. The van der Waals surface area contributed by atoms with Crippen LogP contribution in [0.3, 0.4) is 0 Å². The van der Waals surface area contributed by atoms with Crippen LogP contribution in [0.25, 0.3) is 0 Å². The molecular weight excluding hydrogens is 250 g/mol. The molecule has 1 atom stereocenters. The summed E-state index contributed by atoms with van der Waals surface area (Å²) in [5.41, 5.74) is 3.62. The van der Waals surface area contributed by atoms with Gasteiger partial charge in [-0.2, -0.15) is 8.78 Å². The van der Waals surface area contributed by atoms with Gasteiger partial charge in [0.1, 0.15) is 5.75 Å². The number of nitrogens with two attached hydrogens (primary N) is 1. The van der Waals surface area contributed by atoms with Crippen LogP contribution >= 0.6 is 0 Å². The molecule has 19 heavy (non-hydrogen) atoms. The van der Waals surface area contributed by atoms with E-state index < -0.39 is 6.61 Å². The van der Waals surface area contributed by atoms with Crippen molar-refractivity contribution in [1.82, 2.24) is 5.43 Å². The summed E-state index contributed by atoms with van der Waals surface area (Å²) in [5, 5.41) is 0. The van der Waals surface area contributed by atoms with Crippen LogP contribution in [0.2, 0.25) is 0 Å². The van der Waals surface area contributed by atoms with Gasteiger partial charge in [0.05, 0.1) is 0 Å². The summed E-state index contributed by atoms with van der Waals surface area (Å²) in [7, 11) is 0. The van der Waals surface area contributed by atoms with Gasteiger partial charge in [0, 0.05) is 6.04 Å². The highest BCUT2D eigenvalue weighted by Gasteiger charge is 2.16. The van der Waals surface area contributed by atoms with Crippen LogP contribution in [-0.2, 0) is 0 Å². The SMILES string of the molecule is CCC(CC)CC(NN)c1cccc(OC(F)F)c1. The lowest BCUT2D eigenvalue weighted by atomic mass is 9.91. The minimum Gasteiger partial charge on any atom is -0.435 e. The van der Waals surface area contributed by atoms with Crippen LogP contribution in [0.4, 0.5) is 8.78 Å². The largest absolute Gasteiger partial charge is 0.435 e. The number of hydrazine groups is 1. The van der Waals surface area contributed by atoms with Crippen molar-refractivity contribution in [3.8, 4) is 5.75 Å². The number of hydrogen-bond donors (Lipinski definition) is 2. The molecule has 0 bridgehead atoms. The molecule has 0 radical (unpaired) electrons. The lowest BCUT2D eigenvalue weighted by Crippen LogP contribution is -2.29. The van der Waals surface area contributed by atoms with E-state index in [0.717, 1.165) is 24.8 Å². The maximum absolute atomic E-state index is 12.2. The third-order valence-electron chi connectivity index (χ3n) is 3.41. The first-order chi connectivity index (χ1) is 9.10. The van der Waals surface area contributed by atoms with Crippen LogP contribution in [0.5, 0.6) is 5.75 Å². The van der Waals surface area contributed by atoms with Crippen molar-refractivity contribution in [2.75, 3.05) is 0 Å². The Hall–Kier alpha value is -1.20. The van der Waals surface area contributed by atoms with Gasteiger partial charge in [0.15, 0.2) is 0 Å².